The van der Waals surface area contributed by atoms with Gasteiger partial charge in [0, 0.05) is 12.1 Å². The van der Waals surface area contributed by atoms with E-state index in [2.05, 4.69) is 31.0 Å². The summed E-state index contributed by atoms with van der Waals surface area (Å²) in [7, 11) is 0. The third-order valence-corrected chi connectivity index (χ3v) is 3.22. The van der Waals surface area contributed by atoms with Gasteiger partial charge in [-0.25, -0.2) is 0 Å². The molecule has 2 heteroatoms. The fourth-order valence-corrected chi connectivity index (χ4v) is 2.07. The van der Waals surface area contributed by atoms with Gasteiger partial charge >= 0.3 is 0 Å². The molecule has 0 unspecified atom stereocenters. The lowest BCUT2D eigenvalue weighted by Crippen LogP contribution is -2.15. The first-order chi connectivity index (χ1) is 9.74. The van der Waals surface area contributed by atoms with Crippen LogP contribution < -0.4 is 10.1 Å². The minimum atomic E-state index is 0.591. The molecule has 1 aromatic carbocycles. The zero-order valence-corrected chi connectivity index (χ0v) is 13.1. The molecule has 20 heavy (non-hydrogen) atoms. The summed E-state index contributed by atoms with van der Waals surface area (Å²) in [6.45, 7) is 10.7. The summed E-state index contributed by atoms with van der Waals surface area (Å²) in [5, 5.41) is 3.50. The van der Waals surface area contributed by atoms with Gasteiger partial charge in [-0.15, -0.1) is 0 Å². The van der Waals surface area contributed by atoms with E-state index < -0.39 is 0 Å². The molecule has 0 bridgehead atoms. The third-order valence-electron chi connectivity index (χ3n) is 3.22. The molecule has 0 fully saturated rings. The number of benzene rings is 1. The van der Waals surface area contributed by atoms with Crippen LogP contribution in [0, 0.1) is 0 Å². The molecule has 0 aliphatic heterocycles. The van der Waals surface area contributed by atoms with Crippen LogP contribution in [-0.4, -0.2) is 13.2 Å². The monoisotopic (exact) mass is 275 g/mol. The van der Waals surface area contributed by atoms with Gasteiger partial charge in [0.1, 0.15) is 12.4 Å². The highest BCUT2D eigenvalue weighted by molar-refractivity contribution is 5.33. The molecular weight excluding hydrogens is 246 g/mol. The van der Waals surface area contributed by atoms with Crippen molar-refractivity contribution < 1.29 is 4.74 Å². The summed E-state index contributed by atoms with van der Waals surface area (Å²) in [6.07, 6.45) is 6.61. The molecule has 0 radical (unpaired) electrons. The maximum atomic E-state index is 5.77. The minimum Gasteiger partial charge on any atom is -0.489 e. The van der Waals surface area contributed by atoms with Crippen molar-refractivity contribution in [1.82, 2.24) is 5.32 Å². The normalized spacial score (nSPS) is 10.5. The van der Waals surface area contributed by atoms with Crippen LogP contribution in [-0.2, 0) is 6.54 Å². The molecule has 0 saturated heterocycles. The Morgan fingerprint density at radius 2 is 1.90 bits per heavy atom. The van der Waals surface area contributed by atoms with E-state index in [0.29, 0.717) is 6.61 Å². The maximum absolute atomic E-state index is 5.77. The van der Waals surface area contributed by atoms with Gasteiger partial charge in [-0.05, 0) is 31.5 Å². The quantitative estimate of drug-likeness (QED) is 0.467. The van der Waals surface area contributed by atoms with Crippen LogP contribution in [0.3, 0.4) is 0 Å². The summed E-state index contributed by atoms with van der Waals surface area (Å²) in [6, 6.07) is 8.23. The lowest BCUT2D eigenvalue weighted by atomic mass is 10.1. The van der Waals surface area contributed by atoms with Crippen molar-refractivity contribution in [2.45, 2.75) is 52.5 Å². The Morgan fingerprint density at radius 3 is 2.65 bits per heavy atom. The van der Waals surface area contributed by atoms with Crippen LogP contribution in [0.1, 0.15) is 51.5 Å². The molecule has 0 heterocycles. The molecule has 112 valence electrons. The molecular formula is C18H29NO. The molecule has 0 aliphatic rings. The third kappa shape index (κ3) is 7.34. The molecule has 1 N–H and O–H groups in total. The largest absolute Gasteiger partial charge is 0.489 e. The Bertz CT molecular complexity index is 387. The molecule has 2 nitrogen and oxygen atoms in total. The van der Waals surface area contributed by atoms with Crippen LogP contribution in [0.15, 0.2) is 36.4 Å². The van der Waals surface area contributed by atoms with Crippen molar-refractivity contribution in [3.8, 4) is 5.75 Å². The first-order valence-corrected chi connectivity index (χ1v) is 7.80. The second kappa shape index (κ2) is 10.5. The van der Waals surface area contributed by atoms with Gasteiger partial charge in [-0.2, -0.15) is 0 Å². The lowest BCUT2D eigenvalue weighted by Gasteiger charge is -2.12. The van der Waals surface area contributed by atoms with Crippen LogP contribution in [0.4, 0.5) is 0 Å². The number of unbranched alkanes of at least 4 members (excludes halogenated alkanes) is 4. The van der Waals surface area contributed by atoms with Crippen molar-refractivity contribution in [2.24, 2.45) is 0 Å². The fraction of sp³-hybridized carbons (Fsp3) is 0.556. The van der Waals surface area contributed by atoms with E-state index in [1.165, 1.54) is 37.7 Å². The van der Waals surface area contributed by atoms with Crippen molar-refractivity contribution in [3.05, 3.63) is 42.0 Å². The smallest absolute Gasteiger partial charge is 0.124 e. The van der Waals surface area contributed by atoms with Gasteiger partial charge in [0.15, 0.2) is 0 Å². The number of para-hydroxylation sites is 1. The van der Waals surface area contributed by atoms with E-state index in [4.69, 9.17) is 4.74 Å². The second-order valence-electron chi connectivity index (χ2n) is 5.44. The first kappa shape index (κ1) is 16.8. The Kier molecular flexibility index (Phi) is 8.81. The van der Waals surface area contributed by atoms with Gasteiger partial charge in [-0.1, -0.05) is 57.4 Å². The van der Waals surface area contributed by atoms with E-state index in [0.717, 1.165) is 24.4 Å². The standard InChI is InChI=1S/C18H29NO/c1-4-5-6-7-10-13-19-14-17-11-8-9-12-18(17)20-15-16(2)3/h8-9,11-12,19H,2,4-7,10,13-15H2,1,3H3. The second-order valence-corrected chi connectivity index (χ2v) is 5.44. The van der Waals surface area contributed by atoms with E-state index >= 15 is 0 Å². The number of rotatable bonds is 11. The average molecular weight is 275 g/mol. The molecule has 0 saturated carbocycles. The summed E-state index contributed by atoms with van der Waals surface area (Å²) in [5.41, 5.74) is 2.27. The van der Waals surface area contributed by atoms with Gasteiger partial charge < -0.3 is 10.1 Å². The van der Waals surface area contributed by atoms with E-state index in [1.54, 1.807) is 0 Å². The predicted octanol–water partition coefficient (Wildman–Crippen LogP) is 4.70. The van der Waals surface area contributed by atoms with Crippen LogP contribution in [0.2, 0.25) is 0 Å². The van der Waals surface area contributed by atoms with Gasteiger partial charge in [0.05, 0.1) is 0 Å². The lowest BCUT2D eigenvalue weighted by molar-refractivity contribution is 0.347. The Balaban J connectivity index is 2.26. The molecule has 1 rings (SSSR count). The Labute approximate surface area is 124 Å². The van der Waals surface area contributed by atoms with Crippen molar-refractivity contribution in [3.63, 3.8) is 0 Å². The summed E-state index contributed by atoms with van der Waals surface area (Å²) in [4.78, 5) is 0. The van der Waals surface area contributed by atoms with Crippen molar-refractivity contribution in [2.75, 3.05) is 13.2 Å². The zero-order chi connectivity index (χ0) is 14.6. The predicted molar refractivity (Wildman–Crippen MR) is 87.2 cm³/mol. The van der Waals surface area contributed by atoms with Crippen LogP contribution in [0.5, 0.6) is 5.75 Å². The number of hydrogen-bond donors (Lipinski definition) is 1. The average Bonchev–Trinajstić information content (AvgIpc) is 2.45. The minimum absolute atomic E-state index is 0.591. The van der Waals surface area contributed by atoms with Gasteiger partial charge in [0.2, 0.25) is 0 Å². The summed E-state index contributed by atoms with van der Waals surface area (Å²) < 4.78 is 5.77. The highest BCUT2D eigenvalue weighted by atomic mass is 16.5. The van der Waals surface area contributed by atoms with E-state index in [9.17, 15) is 0 Å². The summed E-state index contributed by atoms with van der Waals surface area (Å²) in [5.74, 6) is 0.967. The molecule has 1 aromatic rings. The maximum Gasteiger partial charge on any atom is 0.124 e. The van der Waals surface area contributed by atoms with Crippen LogP contribution >= 0.6 is 0 Å². The number of hydrogen-bond acceptors (Lipinski definition) is 2. The van der Waals surface area contributed by atoms with Gasteiger partial charge in [0.25, 0.3) is 0 Å². The Hall–Kier alpha value is -1.28. The molecule has 0 spiro atoms. The molecule has 0 aliphatic carbocycles. The first-order valence-electron chi connectivity index (χ1n) is 7.80. The van der Waals surface area contributed by atoms with E-state index in [1.807, 2.05) is 19.1 Å². The zero-order valence-electron chi connectivity index (χ0n) is 13.1. The Morgan fingerprint density at radius 1 is 1.15 bits per heavy atom. The van der Waals surface area contributed by atoms with Crippen molar-refractivity contribution >= 4 is 0 Å². The molecule has 0 amide bonds. The summed E-state index contributed by atoms with van der Waals surface area (Å²) >= 11 is 0. The number of nitrogens with one attached hydrogen (secondary N) is 1. The highest BCUT2D eigenvalue weighted by Gasteiger charge is 2.02. The van der Waals surface area contributed by atoms with E-state index in [-0.39, 0.29) is 0 Å². The van der Waals surface area contributed by atoms with Crippen molar-refractivity contribution in [1.29, 1.82) is 0 Å². The fourth-order valence-electron chi connectivity index (χ4n) is 2.07. The van der Waals surface area contributed by atoms with Gasteiger partial charge in [-0.3, -0.25) is 0 Å². The topological polar surface area (TPSA) is 21.3 Å². The number of ether oxygens (including phenoxy) is 1. The highest BCUT2D eigenvalue weighted by Crippen LogP contribution is 2.18. The van der Waals surface area contributed by atoms with Crippen LogP contribution in [0.25, 0.3) is 0 Å². The SMILES string of the molecule is C=C(C)COc1ccccc1CNCCCCCCC. The molecule has 0 atom stereocenters. The molecule has 0 aromatic heterocycles.